The number of anilines is 2. The maximum absolute atomic E-state index is 13.0. The van der Waals surface area contributed by atoms with Crippen molar-refractivity contribution >= 4 is 27.3 Å². The summed E-state index contributed by atoms with van der Waals surface area (Å²) >= 11 is 0. The number of rotatable bonds is 4. The molecule has 1 amide bonds. The molecule has 1 aliphatic heterocycles. The van der Waals surface area contributed by atoms with Gasteiger partial charge < -0.3 is 5.32 Å². The van der Waals surface area contributed by atoms with Crippen LogP contribution in [0.1, 0.15) is 31.2 Å². The van der Waals surface area contributed by atoms with E-state index in [0.717, 1.165) is 43.4 Å². The normalized spacial score (nSPS) is 17.3. The van der Waals surface area contributed by atoms with E-state index in [-0.39, 0.29) is 16.7 Å². The van der Waals surface area contributed by atoms with E-state index < -0.39 is 10.0 Å². The summed E-state index contributed by atoms with van der Waals surface area (Å²) in [5.41, 5.74) is 2.45. The molecule has 0 aromatic heterocycles. The van der Waals surface area contributed by atoms with Crippen molar-refractivity contribution < 1.29 is 13.2 Å². The highest BCUT2D eigenvalue weighted by Crippen LogP contribution is 2.33. The van der Waals surface area contributed by atoms with Crippen LogP contribution >= 0.6 is 0 Å². The molecule has 2 aliphatic rings. The van der Waals surface area contributed by atoms with Gasteiger partial charge in [-0.1, -0.05) is 31.0 Å². The summed E-state index contributed by atoms with van der Waals surface area (Å²) in [6.07, 6.45) is 4.81. The van der Waals surface area contributed by atoms with E-state index in [1.165, 1.54) is 4.31 Å². The van der Waals surface area contributed by atoms with Crippen molar-refractivity contribution in [2.24, 2.45) is 5.92 Å². The van der Waals surface area contributed by atoms with E-state index >= 15 is 0 Å². The number of benzene rings is 2. The van der Waals surface area contributed by atoms with E-state index in [1.807, 2.05) is 24.3 Å². The summed E-state index contributed by atoms with van der Waals surface area (Å²) in [5, 5.41) is 2.90. The topological polar surface area (TPSA) is 66.5 Å². The van der Waals surface area contributed by atoms with Crippen LogP contribution in [0.2, 0.25) is 0 Å². The lowest BCUT2D eigenvalue weighted by molar-refractivity contribution is -0.119. The van der Waals surface area contributed by atoms with E-state index in [9.17, 15) is 13.2 Å². The van der Waals surface area contributed by atoms with Crippen LogP contribution < -0.4 is 9.62 Å². The van der Waals surface area contributed by atoms with Crippen molar-refractivity contribution in [1.29, 1.82) is 0 Å². The van der Waals surface area contributed by atoms with Crippen molar-refractivity contribution in [1.82, 2.24) is 0 Å². The third-order valence-electron chi connectivity index (χ3n) is 5.28. The van der Waals surface area contributed by atoms with Gasteiger partial charge in [-0.3, -0.25) is 9.10 Å². The first kappa shape index (κ1) is 17.1. The summed E-state index contributed by atoms with van der Waals surface area (Å²) in [7, 11) is -3.59. The highest BCUT2D eigenvalue weighted by atomic mass is 32.2. The molecule has 1 heterocycles. The lowest BCUT2D eigenvalue weighted by atomic mass is 10.1. The van der Waals surface area contributed by atoms with Gasteiger partial charge in [0, 0.05) is 18.2 Å². The molecule has 1 fully saturated rings. The van der Waals surface area contributed by atoms with Gasteiger partial charge in [0.2, 0.25) is 5.91 Å². The molecule has 2 aromatic carbocycles. The largest absolute Gasteiger partial charge is 0.326 e. The molecule has 2 aromatic rings. The van der Waals surface area contributed by atoms with E-state index in [1.54, 1.807) is 24.3 Å². The predicted molar refractivity (Wildman–Crippen MR) is 102 cm³/mol. The second-order valence-corrected chi connectivity index (χ2v) is 8.81. The number of fused-ring (bicyclic) bond motifs is 1. The van der Waals surface area contributed by atoms with Crippen molar-refractivity contribution in [2.45, 2.75) is 37.0 Å². The Bertz CT molecular complexity index is 916. The molecule has 5 nitrogen and oxygen atoms in total. The van der Waals surface area contributed by atoms with Crippen molar-refractivity contribution in [3.8, 4) is 0 Å². The number of para-hydroxylation sites is 1. The van der Waals surface area contributed by atoms with Gasteiger partial charge >= 0.3 is 0 Å². The van der Waals surface area contributed by atoms with Gasteiger partial charge in [-0.15, -0.1) is 0 Å². The smallest absolute Gasteiger partial charge is 0.264 e. The lowest BCUT2D eigenvalue weighted by Gasteiger charge is -2.19. The quantitative estimate of drug-likeness (QED) is 0.895. The van der Waals surface area contributed by atoms with Gasteiger partial charge in [0.15, 0.2) is 0 Å². The zero-order chi connectivity index (χ0) is 18.1. The number of carbonyl (C=O) groups excluding carboxylic acids is 1. The van der Waals surface area contributed by atoms with Crippen LogP contribution in [0.4, 0.5) is 11.4 Å². The monoisotopic (exact) mass is 370 g/mol. The summed E-state index contributed by atoms with van der Waals surface area (Å²) in [4.78, 5) is 12.4. The van der Waals surface area contributed by atoms with Crippen LogP contribution in [-0.2, 0) is 21.2 Å². The lowest BCUT2D eigenvalue weighted by Crippen LogP contribution is -2.29. The van der Waals surface area contributed by atoms with Gasteiger partial charge in [0.05, 0.1) is 10.6 Å². The molecule has 4 rings (SSSR count). The Morgan fingerprint density at radius 1 is 1.00 bits per heavy atom. The fraction of sp³-hybridized carbons (Fsp3) is 0.350. The average molecular weight is 370 g/mol. The van der Waals surface area contributed by atoms with Crippen molar-refractivity contribution in [3.63, 3.8) is 0 Å². The number of amides is 1. The molecule has 1 aliphatic carbocycles. The van der Waals surface area contributed by atoms with Gasteiger partial charge in [0.25, 0.3) is 10.0 Å². The Morgan fingerprint density at radius 3 is 2.42 bits per heavy atom. The summed E-state index contributed by atoms with van der Waals surface area (Å²) in [6.45, 7) is 0.460. The van der Waals surface area contributed by atoms with Crippen molar-refractivity contribution in [2.75, 3.05) is 16.2 Å². The van der Waals surface area contributed by atoms with Gasteiger partial charge in [-0.05, 0) is 55.2 Å². The molecule has 1 saturated carbocycles. The molecule has 0 radical (unpaired) electrons. The molecule has 6 heteroatoms. The van der Waals surface area contributed by atoms with E-state index in [0.29, 0.717) is 12.2 Å². The number of carbonyl (C=O) groups is 1. The van der Waals surface area contributed by atoms with Crippen LogP contribution in [0.25, 0.3) is 0 Å². The predicted octanol–water partition coefficient (Wildman–Crippen LogP) is 3.57. The highest BCUT2D eigenvalue weighted by molar-refractivity contribution is 7.92. The fourth-order valence-corrected chi connectivity index (χ4v) is 5.33. The Hall–Kier alpha value is -2.34. The molecule has 0 spiro atoms. The Labute approximate surface area is 154 Å². The molecule has 0 saturated heterocycles. The number of nitrogens with zero attached hydrogens (tertiary/aromatic N) is 1. The SMILES string of the molecule is O=C(Nc1ccc(S(=O)(=O)N2CCc3ccccc32)cc1)C1CCCC1. The average Bonchev–Trinajstić information content (AvgIpc) is 3.32. The summed E-state index contributed by atoms with van der Waals surface area (Å²) < 4.78 is 27.4. The Morgan fingerprint density at radius 2 is 1.69 bits per heavy atom. The summed E-state index contributed by atoms with van der Waals surface area (Å²) in [6, 6.07) is 14.1. The molecule has 0 atom stereocenters. The minimum absolute atomic E-state index is 0.0339. The van der Waals surface area contributed by atoms with Gasteiger partial charge in [-0.25, -0.2) is 8.42 Å². The van der Waals surface area contributed by atoms with Crippen LogP contribution in [0.5, 0.6) is 0 Å². The molecular formula is C20H22N2O3S. The first-order valence-corrected chi connectivity index (χ1v) is 10.5. The highest BCUT2D eigenvalue weighted by Gasteiger charge is 2.30. The zero-order valence-corrected chi connectivity index (χ0v) is 15.3. The summed E-state index contributed by atoms with van der Waals surface area (Å²) in [5.74, 6) is 0.117. The van der Waals surface area contributed by atoms with Gasteiger partial charge in [0.1, 0.15) is 0 Å². The first-order valence-electron chi connectivity index (χ1n) is 9.07. The molecule has 136 valence electrons. The van der Waals surface area contributed by atoms with Crippen LogP contribution in [0.15, 0.2) is 53.4 Å². The van der Waals surface area contributed by atoms with Gasteiger partial charge in [-0.2, -0.15) is 0 Å². The fourth-order valence-electron chi connectivity index (χ4n) is 3.83. The van der Waals surface area contributed by atoms with E-state index in [4.69, 9.17) is 0 Å². The minimum Gasteiger partial charge on any atom is -0.326 e. The number of sulfonamides is 1. The number of hydrogen-bond acceptors (Lipinski definition) is 3. The maximum Gasteiger partial charge on any atom is 0.264 e. The van der Waals surface area contributed by atoms with E-state index in [2.05, 4.69) is 5.32 Å². The third kappa shape index (κ3) is 3.09. The van der Waals surface area contributed by atoms with Crippen LogP contribution in [0, 0.1) is 5.92 Å². The Balaban J connectivity index is 1.52. The molecule has 26 heavy (non-hydrogen) atoms. The maximum atomic E-state index is 13.0. The second-order valence-electron chi connectivity index (χ2n) is 6.95. The molecule has 0 unspecified atom stereocenters. The molecular weight excluding hydrogens is 348 g/mol. The number of nitrogens with one attached hydrogen (secondary N) is 1. The first-order chi connectivity index (χ1) is 12.6. The Kier molecular flexibility index (Phi) is 4.44. The second kappa shape index (κ2) is 6.76. The van der Waals surface area contributed by atoms with Crippen molar-refractivity contribution in [3.05, 3.63) is 54.1 Å². The zero-order valence-electron chi connectivity index (χ0n) is 14.5. The molecule has 1 N–H and O–H groups in total. The standard InChI is InChI=1S/C20H22N2O3S/c23-20(16-6-1-2-7-16)21-17-9-11-18(12-10-17)26(24,25)22-14-13-15-5-3-4-8-19(15)22/h3-5,8-12,16H,1-2,6-7,13-14H2,(H,21,23). The minimum atomic E-state index is -3.59. The third-order valence-corrected chi connectivity index (χ3v) is 7.11. The van der Waals surface area contributed by atoms with Crippen LogP contribution in [0.3, 0.4) is 0 Å². The molecule has 0 bridgehead atoms. The number of hydrogen-bond donors (Lipinski definition) is 1. The van der Waals surface area contributed by atoms with Crippen LogP contribution in [-0.4, -0.2) is 20.9 Å².